The molecule has 8 nitrogen and oxygen atoms in total. The van der Waals surface area contributed by atoms with Gasteiger partial charge in [-0.3, -0.25) is 4.79 Å². The summed E-state index contributed by atoms with van der Waals surface area (Å²) in [6.07, 6.45) is -3.50. The van der Waals surface area contributed by atoms with E-state index in [9.17, 15) is 25.2 Å². The van der Waals surface area contributed by atoms with Crippen molar-refractivity contribution in [1.29, 1.82) is 0 Å². The average Bonchev–Trinajstić information content (AvgIpc) is 2.63. The third-order valence-corrected chi connectivity index (χ3v) is 4.62. The van der Waals surface area contributed by atoms with Crippen molar-refractivity contribution in [2.45, 2.75) is 63.2 Å². The van der Waals surface area contributed by atoms with E-state index in [1.54, 1.807) is 31.2 Å². The van der Waals surface area contributed by atoms with Gasteiger partial charge in [0, 0.05) is 6.04 Å². The van der Waals surface area contributed by atoms with E-state index in [-0.39, 0.29) is 25.0 Å². The summed E-state index contributed by atoms with van der Waals surface area (Å²) in [5.41, 5.74) is 0.859. The summed E-state index contributed by atoms with van der Waals surface area (Å²) in [5.74, 6) is -0.241. The highest BCUT2D eigenvalue weighted by molar-refractivity contribution is 5.76. The number of nitrogens with one attached hydrogen (secondary N) is 1. The van der Waals surface area contributed by atoms with E-state index in [1.807, 2.05) is 6.92 Å². The van der Waals surface area contributed by atoms with Gasteiger partial charge < -0.3 is 35.2 Å². The number of aliphatic hydroxyl groups is 3. The number of hydrogen-bond acceptors (Lipinski definition) is 8. The zero-order valence-electron chi connectivity index (χ0n) is 15.6. The number of carbonyl (C=O) groups is 1. The normalized spacial score (nSPS) is 27.7. The average molecular weight is 383 g/mol. The van der Waals surface area contributed by atoms with Crippen LogP contribution in [0.25, 0.3) is 0 Å². The molecular formula is C19H29NO7. The Kier molecular flexibility index (Phi) is 8.00. The number of phenolic OH excluding ortho intramolecular Hbond substituents is 1. The van der Waals surface area contributed by atoms with Crippen molar-refractivity contribution in [3.05, 3.63) is 29.8 Å². The molecule has 0 aliphatic carbocycles. The number of esters is 1. The van der Waals surface area contributed by atoms with Crippen LogP contribution in [0.5, 0.6) is 5.75 Å². The SMILES string of the molecule is CCOC(=O)C(Cc1ccc(O)cc1)NC(C)CC1OC[C@@H](O)[C@H](O)[C@H]1O. The summed E-state index contributed by atoms with van der Waals surface area (Å²) in [6, 6.07) is 5.75. The van der Waals surface area contributed by atoms with Gasteiger partial charge in [0.1, 0.15) is 30.1 Å². The van der Waals surface area contributed by atoms with Gasteiger partial charge in [0.15, 0.2) is 0 Å². The minimum Gasteiger partial charge on any atom is -0.508 e. The molecule has 0 saturated carbocycles. The second-order valence-electron chi connectivity index (χ2n) is 6.90. The fraction of sp³-hybridized carbons (Fsp3) is 0.632. The van der Waals surface area contributed by atoms with E-state index in [0.29, 0.717) is 12.8 Å². The molecule has 0 radical (unpaired) electrons. The smallest absolute Gasteiger partial charge is 0.323 e. The third-order valence-electron chi connectivity index (χ3n) is 4.62. The number of phenols is 1. The molecule has 1 saturated heterocycles. The van der Waals surface area contributed by atoms with Gasteiger partial charge in [-0.1, -0.05) is 12.1 Å². The zero-order valence-corrected chi connectivity index (χ0v) is 15.6. The standard InChI is InChI=1S/C19H29NO7/c1-3-26-19(25)14(9-12-4-6-13(21)7-5-12)20-11(2)8-16-18(24)17(23)15(22)10-27-16/h4-7,11,14-18,20-24H,3,8-10H2,1-2H3/t11?,14?,15-,16?,17+,18+/m1/s1. The van der Waals surface area contributed by atoms with Crippen molar-refractivity contribution < 1.29 is 34.7 Å². The lowest BCUT2D eigenvalue weighted by Crippen LogP contribution is -2.55. The second kappa shape index (κ2) is 10.0. The molecule has 5 N–H and O–H groups in total. The number of aromatic hydroxyl groups is 1. The van der Waals surface area contributed by atoms with Gasteiger partial charge in [0.25, 0.3) is 0 Å². The summed E-state index contributed by atoms with van der Waals surface area (Å²) in [5, 5.41) is 42.0. The minimum atomic E-state index is -1.26. The zero-order chi connectivity index (χ0) is 20.0. The lowest BCUT2D eigenvalue weighted by atomic mass is 9.95. The van der Waals surface area contributed by atoms with Crippen molar-refractivity contribution in [3.63, 3.8) is 0 Å². The second-order valence-corrected chi connectivity index (χ2v) is 6.90. The van der Waals surface area contributed by atoms with Crippen LogP contribution in [-0.2, 0) is 20.7 Å². The number of benzene rings is 1. The van der Waals surface area contributed by atoms with Crippen LogP contribution in [0.15, 0.2) is 24.3 Å². The summed E-state index contributed by atoms with van der Waals surface area (Å²) in [7, 11) is 0. The molecular weight excluding hydrogens is 354 g/mol. The van der Waals surface area contributed by atoms with Crippen LogP contribution < -0.4 is 5.32 Å². The van der Waals surface area contributed by atoms with Crippen LogP contribution in [0.3, 0.4) is 0 Å². The van der Waals surface area contributed by atoms with Gasteiger partial charge in [-0.25, -0.2) is 0 Å². The Morgan fingerprint density at radius 2 is 1.93 bits per heavy atom. The summed E-state index contributed by atoms with van der Waals surface area (Å²) in [4.78, 5) is 12.3. The van der Waals surface area contributed by atoms with E-state index < -0.39 is 36.4 Å². The first kappa shape index (κ1) is 21.6. The Morgan fingerprint density at radius 3 is 2.56 bits per heavy atom. The molecule has 6 atom stereocenters. The molecule has 1 aliphatic heterocycles. The number of aliphatic hydroxyl groups excluding tert-OH is 3. The molecule has 0 bridgehead atoms. The number of ether oxygens (including phenoxy) is 2. The summed E-state index contributed by atoms with van der Waals surface area (Å²) < 4.78 is 10.6. The molecule has 152 valence electrons. The molecule has 27 heavy (non-hydrogen) atoms. The maximum atomic E-state index is 12.3. The maximum absolute atomic E-state index is 12.3. The Bertz CT molecular complexity index is 594. The summed E-state index contributed by atoms with van der Waals surface area (Å²) in [6.45, 7) is 3.79. The number of hydrogen-bond donors (Lipinski definition) is 5. The predicted octanol–water partition coefficient (Wildman–Crippen LogP) is -0.284. The van der Waals surface area contributed by atoms with Crippen LogP contribution in [0.4, 0.5) is 0 Å². The quantitative estimate of drug-likeness (QED) is 0.388. The van der Waals surface area contributed by atoms with E-state index >= 15 is 0 Å². The fourth-order valence-electron chi connectivity index (χ4n) is 3.16. The Balaban J connectivity index is 1.98. The Labute approximate surface area is 158 Å². The molecule has 1 heterocycles. The molecule has 1 aromatic rings. The summed E-state index contributed by atoms with van der Waals surface area (Å²) >= 11 is 0. The van der Waals surface area contributed by atoms with Crippen molar-refractivity contribution in [2.75, 3.05) is 13.2 Å². The molecule has 8 heteroatoms. The van der Waals surface area contributed by atoms with Gasteiger partial charge in [-0.05, 0) is 44.4 Å². The highest BCUT2D eigenvalue weighted by Gasteiger charge is 2.38. The van der Waals surface area contributed by atoms with Crippen LogP contribution in [0, 0.1) is 0 Å². The van der Waals surface area contributed by atoms with Crippen LogP contribution in [0.1, 0.15) is 25.8 Å². The van der Waals surface area contributed by atoms with Crippen LogP contribution >= 0.6 is 0 Å². The monoisotopic (exact) mass is 383 g/mol. The predicted molar refractivity (Wildman–Crippen MR) is 97.2 cm³/mol. The van der Waals surface area contributed by atoms with E-state index in [1.165, 1.54) is 0 Å². The van der Waals surface area contributed by atoms with Crippen LogP contribution in [0.2, 0.25) is 0 Å². The minimum absolute atomic E-state index is 0.0512. The van der Waals surface area contributed by atoms with Gasteiger partial charge in [-0.2, -0.15) is 0 Å². The Morgan fingerprint density at radius 1 is 1.26 bits per heavy atom. The van der Waals surface area contributed by atoms with Gasteiger partial charge in [-0.15, -0.1) is 0 Å². The fourth-order valence-corrected chi connectivity index (χ4v) is 3.16. The van der Waals surface area contributed by atoms with E-state index in [0.717, 1.165) is 5.56 Å². The first-order chi connectivity index (χ1) is 12.8. The molecule has 0 amide bonds. The molecule has 1 aliphatic rings. The third kappa shape index (κ3) is 6.15. The Hall–Kier alpha value is -1.71. The first-order valence-electron chi connectivity index (χ1n) is 9.18. The van der Waals surface area contributed by atoms with E-state index in [2.05, 4.69) is 5.32 Å². The van der Waals surface area contributed by atoms with Crippen molar-refractivity contribution >= 4 is 5.97 Å². The lowest BCUT2D eigenvalue weighted by molar-refractivity contribution is -0.189. The van der Waals surface area contributed by atoms with Gasteiger partial charge >= 0.3 is 5.97 Å². The maximum Gasteiger partial charge on any atom is 0.323 e. The highest BCUT2D eigenvalue weighted by atomic mass is 16.5. The molecule has 1 aromatic carbocycles. The highest BCUT2D eigenvalue weighted by Crippen LogP contribution is 2.20. The first-order valence-corrected chi connectivity index (χ1v) is 9.18. The topological polar surface area (TPSA) is 128 Å². The molecule has 3 unspecified atom stereocenters. The van der Waals surface area contributed by atoms with Crippen molar-refractivity contribution in [2.24, 2.45) is 0 Å². The van der Waals surface area contributed by atoms with Crippen LogP contribution in [-0.4, -0.2) is 76.1 Å². The number of rotatable bonds is 8. The van der Waals surface area contributed by atoms with E-state index in [4.69, 9.17) is 9.47 Å². The van der Waals surface area contributed by atoms with Gasteiger partial charge in [0.05, 0.1) is 19.3 Å². The molecule has 0 aromatic heterocycles. The molecule has 1 fully saturated rings. The molecule has 0 spiro atoms. The lowest BCUT2D eigenvalue weighted by Gasteiger charge is -2.37. The molecule has 2 rings (SSSR count). The van der Waals surface area contributed by atoms with Crippen molar-refractivity contribution in [1.82, 2.24) is 5.32 Å². The largest absolute Gasteiger partial charge is 0.508 e. The number of carbonyl (C=O) groups excluding carboxylic acids is 1. The van der Waals surface area contributed by atoms with Crippen molar-refractivity contribution in [3.8, 4) is 5.75 Å². The van der Waals surface area contributed by atoms with Gasteiger partial charge in [0.2, 0.25) is 0 Å².